The lowest BCUT2D eigenvalue weighted by atomic mass is 9.98. The van der Waals surface area contributed by atoms with Crippen molar-refractivity contribution in [3.8, 4) is 0 Å². The van der Waals surface area contributed by atoms with E-state index in [-0.39, 0.29) is 6.10 Å². The smallest absolute Gasteiger partial charge is 0.308 e. The van der Waals surface area contributed by atoms with Crippen molar-refractivity contribution in [1.82, 2.24) is 0 Å². The summed E-state index contributed by atoms with van der Waals surface area (Å²) in [5.41, 5.74) is 1.09. The number of carboxylic acid groups (broad SMARTS) is 1. The van der Waals surface area contributed by atoms with Crippen molar-refractivity contribution in [1.29, 1.82) is 0 Å². The minimum atomic E-state index is -0.821. The zero-order valence-electron chi connectivity index (χ0n) is 9.01. The van der Waals surface area contributed by atoms with Crippen molar-refractivity contribution in [2.24, 2.45) is 5.92 Å². The molecule has 0 heterocycles. The Balaban J connectivity index is 2.66. The Morgan fingerprint density at radius 3 is 2.47 bits per heavy atom. The maximum Gasteiger partial charge on any atom is 0.308 e. The molecule has 0 aliphatic rings. The molecule has 0 aliphatic heterocycles. The first kappa shape index (κ1) is 11.7. The first-order valence-electron chi connectivity index (χ1n) is 4.94. The summed E-state index contributed by atoms with van der Waals surface area (Å²) in [6, 6.07) is 9.76. The van der Waals surface area contributed by atoms with Gasteiger partial charge in [0.05, 0.1) is 12.0 Å². The fourth-order valence-corrected chi connectivity index (χ4v) is 1.47. The standard InChI is InChI=1S/C12H16O3/c1-9(12(13)14)11(15-2)8-10-6-4-3-5-7-10/h3-7,9,11H,8H2,1-2H3,(H,13,14)/t9-,11-/m0/s1. The van der Waals surface area contributed by atoms with Crippen LogP contribution in [0.2, 0.25) is 0 Å². The maximum atomic E-state index is 10.8. The third kappa shape index (κ3) is 3.36. The van der Waals surface area contributed by atoms with Crippen LogP contribution in [0.5, 0.6) is 0 Å². The third-order valence-electron chi connectivity index (χ3n) is 2.53. The van der Waals surface area contributed by atoms with Crippen molar-refractivity contribution < 1.29 is 14.6 Å². The monoisotopic (exact) mass is 208 g/mol. The summed E-state index contributed by atoms with van der Waals surface area (Å²) in [6.45, 7) is 1.67. The SMILES string of the molecule is CO[C@@H](Cc1ccccc1)[C@H](C)C(=O)O. The van der Waals surface area contributed by atoms with Gasteiger partial charge in [-0.3, -0.25) is 4.79 Å². The second-order valence-electron chi connectivity index (χ2n) is 3.59. The van der Waals surface area contributed by atoms with Crippen LogP contribution in [0.1, 0.15) is 12.5 Å². The molecule has 1 aromatic carbocycles. The van der Waals surface area contributed by atoms with Crippen LogP contribution >= 0.6 is 0 Å². The van der Waals surface area contributed by atoms with E-state index in [1.165, 1.54) is 0 Å². The van der Waals surface area contributed by atoms with E-state index in [1.807, 2.05) is 30.3 Å². The van der Waals surface area contributed by atoms with Gasteiger partial charge in [0.2, 0.25) is 0 Å². The van der Waals surface area contributed by atoms with Crippen molar-refractivity contribution >= 4 is 5.97 Å². The predicted octanol–water partition coefficient (Wildman–Crippen LogP) is 1.96. The molecule has 0 bridgehead atoms. The minimum Gasteiger partial charge on any atom is -0.481 e. The van der Waals surface area contributed by atoms with Crippen LogP contribution in [0.3, 0.4) is 0 Å². The molecule has 1 rings (SSSR count). The summed E-state index contributed by atoms with van der Waals surface area (Å²) in [7, 11) is 1.55. The molecule has 0 saturated heterocycles. The average Bonchev–Trinajstić information content (AvgIpc) is 2.26. The average molecular weight is 208 g/mol. The number of aliphatic carboxylic acids is 1. The molecule has 2 atom stereocenters. The van der Waals surface area contributed by atoms with Gasteiger partial charge in [0.15, 0.2) is 0 Å². The van der Waals surface area contributed by atoms with Gasteiger partial charge in [-0.2, -0.15) is 0 Å². The van der Waals surface area contributed by atoms with Gasteiger partial charge in [-0.1, -0.05) is 30.3 Å². The first-order chi connectivity index (χ1) is 7.15. The molecule has 0 saturated carbocycles. The summed E-state index contributed by atoms with van der Waals surface area (Å²) in [4.78, 5) is 10.8. The number of rotatable bonds is 5. The maximum absolute atomic E-state index is 10.8. The van der Waals surface area contributed by atoms with Gasteiger partial charge < -0.3 is 9.84 Å². The van der Waals surface area contributed by atoms with E-state index in [9.17, 15) is 4.79 Å². The number of hydrogen-bond acceptors (Lipinski definition) is 2. The number of ether oxygens (including phenoxy) is 1. The van der Waals surface area contributed by atoms with E-state index in [2.05, 4.69) is 0 Å². The minimum absolute atomic E-state index is 0.273. The molecule has 15 heavy (non-hydrogen) atoms. The van der Waals surface area contributed by atoms with Crippen molar-refractivity contribution in [3.05, 3.63) is 35.9 Å². The molecule has 3 nitrogen and oxygen atoms in total. The first-order valence-corrected chi connectivity index (χ1v) is 4.94. The fraction of sp³-hybridized carbons (Fsp3) is 0.417. The van der Waals surface area contributed by atoms with E-state index in [4.69, 9.17) is 9.84 Å². The number of methoxy groups -OCH3 is 1. The Morgan fingerprint density at radius 2 is 2.00 bits per heavy atom. The number of benzene rings is 1. The highest BCUT2D eigenvalue weighted by atomic mass is 16.5. The van der Waals surface area contributed by atoms with Crippen molar-refractivity contribution in [3.63, 3.8) is 0 Å². The lowest BCUT2D eigenvalue weighted by Crippen LogP contribution is -2.29. The molecule has 0 fully saturated rings. The Hall–Kier alpha value is -1.35. The quantitative estimate of drug-likeness (QED) is 0.804. The van der Waals surface area contributed by atoms with Gasteiger partial charge in [-0.15, -0.1) is 0 Å². The molecule has 0 unspecified atom stereocenters. The van der Waals surface area contributed by atoms with Gasteiger partial charge in [-0.25, -0.2) is 0 Å². The van der Waals surface area contributed by atoms with E-state index in [0.717, 1.165) is 5.56 Å². The van der Waals surface area contributed by atoms with E-state index < -0.39 is 11.9 Å². The van der Waals surface area contributed by atoms with Crippen LogP contribution < -0.4 is 0 Å². The molecule has 0 amide bonds. The summed E-state index contributed by atoms with van der Waals surface area (Å²) in [6.07, 6.45) is 0.357. The molecule has 0 aromatic heterocycles. The van der Waals surface area contributed by atoms with Gasteiger partial charge in [0, 0.05) is 7.11 Å². The highest BCUT2D eigenvalue weighted by Gasteiger charge is 2.23. The topological polar surface area (TPSA) is 46.5 Å². The van der Waals surface area contributed by atoms with Crippen LogP contribution in [-0.4, -0.2) is 24.3 Å². The van der Waals surface area contributed by atoms with E-state index >= 15 is 0 Å². The summed E-state index contributed by atoms with van der Waals surface area (Å²) >= 11 is 0. The molecule has 0 spiro atoms. The van der Waals surface area contributed by atoms with E-state index in [0.29, 0.717) is 6.42 Å². The van der Waals surface area contributed by atoms with Crippen molar-refractivity contribution in [2.75, 3.05) is 7.11 Å². The Kier molecular flexibility index (Phi) is 4.31. The fourth-order valence-electron chi connectivity index (χ4n) is 1.47. The third-order valence-corrected chi connectivity index (χ3v) is 2.53. The largest absolute Gasteiger partial charge is 0.481 e. The van der Waals surface area contributed by atoms with Gasteiger partial charge in [0.1, 0.15) is 0 Å². The molecule has 1 aromatic rings. The molecular formula is C12H16O3. The molecule has 0 radical (unpaired) electrons. The van der Waals surface area contributed by atoms with Gasteiger partial charge in [0.25, 0.3) is 0 Å². The summed E-state index contributed by atoms with van der Waals surface area (Å²) in [5, 5.41) is 8.88. The van der Waals surface area contributed by atoms with E-state index in [1.54, 1.807) is 14.0 Å². The molecule has 82 valence electrons. The second kappa shape index (κ2) is 5.51. The molecular weight excluding hydrogens is 192 g/mol. The van der Waals surface area contributed by atoms with Crippen LogP contribution in [0.25, 0.3) is 0 Å². The highest BCUT2D eigenvalue weighted by molar-refractivity contribution is 5.70. The second-order valence-corrected chi connectivity index (χ2v) is 3.59. The Labute approximate surface area is 89.7 Å². The van der Waals surface area contributed by atoms with Gasteiger partial charge >= 0.3 is 5.97 Å². The zero-order valence-corrected chi connectivity index (χ0v) is 9.01. The highest BCUT2D eigenvalue weighted by Crippen LogP contribution is 2.13. The van der Waals surface area contributed by atoms with Gasteiger partial charge in [-0.05, 0) is 18.9 Å². The lowest BCUT2D eigenvalue weighted by molar-refractivity contribution is -0.145. The zero-order chi connectivity index (χ0) is 11.3. The Morgan fingerprint density at radius 1 is 1.40 bits per heavy atom. The predicted molar refractivity (Wildman–Crippen MR) is 57.7 cm³/mol. The number of hydrogen-bond donors (Lipinski definition) is 1. The van der Waals surface area contributed by atoms with Crippen LogP contribution in [0.4, 0.5) is 0 Å². The molecule has 0 aliphatic carbocycles. The van der Waals surface area contributed by atoms with Crippen LogP contribution in [-0.2, 0) is 16.0 Å². The molecule has 1 N–H and O–H groups in total. The number of carboxylic acids is 1. The van der Waals surface area contributed by atoms with Crippen molar-refractivity contribution in [2.45, 2.75) is 19.4 Å². The van der Waals surface area contributed by atoms with Crippen LogP contribution in [0, 0.1) is 5.92 Å². The normalized spacial score (nSPS) is 14.5. The summed E-state index contributed by atoms with van der Waals surface area (Å²) < 4.78 is 5.20. The van der Waals surface area contributed by atoms with Crippen LogP contribution in [0.15, 0.2) is 30.3 Å². The summed E-state index contributed by atoms with van der Waals surface area (Å²) in [5.74, 6) is -1.31. The number of carbonyl (C=O) groups is 1. The molecule has 3 heteroatoms. The Bertz CT molecular complexity index is 308. The lowest BCUT2D eigenvalue weighted by Gasteiger charge is -2.19.